The standard InChI is InChI=1S/C24H21ClN4O/c1-29-22-12-5-4-11-21(22)28-24(29)26-16-17-7-6-9-19(15-17)27-23(30)14-13-18-8-2-3-10-20(18)25/h2-15H,16H2,1H3,(H,26,28)(H,27,30)/b14-13+. The Hall–Kier alpha value is -3.57. The SMILES string of the molecule is Cn1c(NCc2cccc(NC(=O)/C=C/c3ccccc3Cl)c2)nc2ccccc21. The normalized spacial score (nSPS) is 11.1. The predicted molar refractivity (Wildman–Crippen MR) is 124 cm³/mol. The zero-order valence-electron chi connectivity index (χ0n) is 16.5. The molecule has 5 nitrogen and oxygen atoms in total. The molecule has 1 heterocycles. The molecule has 0 saturated carbocycles. The van der Waals surface area contributed by atoms with Gasteiger partial charge in [-0.1, -0.05) is 54.1 Å². The van der Waals surface area contributed by atoms with Crippen LogP contribution in [0.3, 0.4) is 0 Å². The van der Waals surface area contributed by atoms with Gasteiger partial charge in [0.15, 0.2) is 0 Å². The second-order valence-electron chi connectivity index (χ2n) is 6.88. The number of imidazole rings is 1. The number of carbonyl (C=O) groups excluding carboxylic acids is 1. The molecule has 0 bridgehead atoms. The van der Waals surface area contributed by atoms with E-state index in [1.807, 2.05) is 78.3 Å². The van der Waals surface area contributed by atoms with Crippen LogP contribution < -0.4 is 10.6 Å². The molecule has 2 N–H and O–H groups in total. The van der Waals surface area contributed by atoms with Crippen LogP contribution >= 0.6 is 11.6 Å². The minimum absolute atomic E-state index is 0.213. The molecule has 0 saturated heterocycles. The lowest BCUT2D eigenvalue weighted by Crippen LogP contribution is -2.09. The van der Waals surface area contributed by atoms with Gasteiger partial charge in [0.05, 0.1) is 11.0 Å². The topological polar surface area (TPSA) is 59.0 Å². The number of aromatic nitrogens is 2. The summed E-state index contributed by atoms with van der Waals surface area (Å²) >= 11 is 6.11. The maximum Gasteiger partial charge on any atom is 0.248 e. The highest BCUT2D eigenvalue weighted by molar-refractivity contribution is 6.32. The molecular weight excluding hydrogens is 396 g/mol. The summed E-state index contributed by atoms with van der Waals surface area (Å²) < 4.78 is 2.03. The maximum atomic E-state index is 12.3. The highest BCUT2D eigenvalue weighted by Gasteiger charge is 2.07. The fourth-order valence-electron chi connectivity index (χ4n) is 3.20. The number of anilines is 2. The summed E-state index contributed by atoms with van der Waals surface area (Å²) in [7, 11) is 1.99. The van der Waals surface area contributed by atoms with Gasteiger partial charge >= 0.3 is 0 Å². The first kappa shape index (κ1) is 19.7. The monoisotopic (exact) mass is 416 g/mol. The number of para-hydroxylation sites is 2. The summed E-state index contributed by atoms with van der Waals surface area (Å²) in [6.07, 6.45) is 3.18. The number of benzene rings is 3. The maximum absolute atomic E-state index is 12.3. The second-order valence-corrected chi connectivity index (χ2v) is 7.29. The van der Waals surface area contributed by atoms with Gasteiger partial charge in [0.25, 0.3) is 0 Å². The van der Waals surface area contributed by atoms with Crippen molar-refractivity contribution in [2.75, 3.05) is 10.6 Å². The van der Waals surface area contributed by atoms with Gasteiger partial charge in [-0.3, -0.25) is 4.79 Å². The molecule has 0 aliphatic rings. The number of nitrogens with zero attached hydrogens (tertiary/aromatic N) is 2. The zero-order chi connectivity index (χ0) is 20.9. The van der Waals surface area contributed by atoms with Gasteiger partial charge in [0.2, 0.25) is 11.9 Å². The summed E-state index contributed by atoms with van der Waals surface area (Å²) in [5, 5.41) is 6.86. The molecule has 1 aromatic heterocycles. The van der Waals surface area contributed by atoms with Gasteiger partial charge in [0, 0.05) is 30.4 Å². The van der Waals surface area contributed by atoms with E-state index >= 15 is 0 Å². The smallest absolute Gasteiger partial charge is 0.248 e. The van der Waals surface area contributed by atoms with Gasteiger partial charge < -0.3 is 15.2 Å². The fraction of sp³-hybridized carbons (Fsp3) is 0.0833. The summed E-state index contributed by atoms with van der Waals surface area (Å²) in [6.45, 7) is 0.594. The highest BCUT2D eigenvalue weighted by Crippen LogP contribution is 2.19. The molecule has 30 heavy (non-hydrogen) atoms. The molecule has 4 aromatic rings. The van der Waals surface area contributed by atoms with Crippen molar-refractivity contribution in [1.82, 2.24) is 9.55 Å². The van der Waals surface area contributed by atoms with Crippen LogP contribution in [0, 0.1) is 0 Å². The molecule has 3 aromatic carbocycles. The summed E-state index contributed by atoms with van der Waals surface area (Å²) in [6, 6.07) is 23.1. The number of aryl methyl sites for hydroxylation is 1. The Kier molecular flexibility index (Phi) is 5.82. The van der Waals surface area contributed by atoms with Crippen molar-refractivity contribution in [3.8, 4) is 0 Å². The molecule has 0 aliphatic carbocycles. The number of hydrogen-bond donors (Lipinski definition) is 2. The lowest BCUT2D eigenvalue weighted by molar-refractivity contribution is -0.111. The Labute approximate surface area is 180 Å². The molecule has 0 atom stereocenters. The average molecular weight is 417 g/mol. The zero-order valence-corrected chi connectivity index (χ0v) is 17.2. The molecule has 150 valence electrons. The van der Waals surface area contributed by atoms with E-state index in [-0.39, 0.29) is 5.91 Å². The van der Waals surface area contributed by atoms with Crippen LogP contribution in [0.5, 0.6) is 0 Å². The highest BCUT2D eigenvalue weighted by atomic mass is 35.5. The van der Waals surface area contributed by atoms with Crippen molar-refractivity contribution in [3.05, 3.63) is 95.0 Å². The number of amides is 1. The minimum atomic E-state index is -0.213. The second kappa shape index (κ2) is 8.84. The van der Waals surface area contributed by atoms with Gasteiger partial charge in [-0.05, 0) is 47.5 Å². The summed E-state index contributed by atoms with van der Waals surface area (Å²) in [4.78, 5) is 16.9. The third kappa shape index (κ3) is 4.53. The third-order valence-electron chi connectivity index (χ3n) is 4.75. The predicted octanol–water partition coefficient (Wildman–Crippen LogP) is 5.49. The average Bonchev–Trinajstić information content (AvgIpc) is 3.08. The van der Waals surface area contributed by atoms with Gasteiger partial charge in [-0.15, -0.1) is 0 Å². The molecule has 4 rings (SSSR count). The number of hydrogen-bond acceptors (Lipinski definition) is 3. The molecular formula is C24H21ClN4O. The van der Waals surface area contributed by atoms with Crippen LogP contribution in [0.15, 0.2) is 78.9 Å². The van der Waals surface area contributed by atoms with Crippen LogP contribution in [-0.4, -0.2) is 15.5 Å². The van der Waals surface area contributed by atoms with E-state index in [1.54, 1.807) is 12.1 Å². The Balaban J connectivity index is 1.40. The van der Waals surface area contributed by atoms with Crippen LogP contribution in [0.4, 0.5) is 11.6 Å². The van der Waals surface area contributed by atoms with E-state index in [0.29, 0.717) is 11.6 Å². The lowest BCUT2D eigenvalue weighted by atomic mass is 10.2. The molecule has 0 spiro atoms. The van der Waals surface area contributed by atoms with Crippen molar-refractivity contribution >= 4 is 46.3 Å². The molecule has 0 unspecified atom stereocenters. The van der Waals surface area contributed by atoms with Gasteiger partial charge in [-0.2, -0.15) is 0 Å². The van der Waals surface area contributed by atoms with E-state index in [9.17, 15) is 4.79 Å². The van der Waals surface area contributed by atoms with Crippen LogP contribution in [0.2, 0.25) is 5.02 Å². The third-order valence-corrected chi connectivity index (χ3v) is 5.10. The Morgan fingerprint density at radius 2 is 1.87 bits per heavy atom. The molecule has 1 amide bonds. The van der Waals surface area contributed by atoms with Crippen molar-refractivity contribution in [3.63, 3.8) is 0 Å². The molecule has 0 fully saturated rings. The first-order valence-electron chi connectivity index (χ1n) is 9.58. The summed E-state index contributed by atoms with van der Waals surface area (Å²) in [5.74, 6) is 0.587. The van der Waals surface area contributed by atoms with E-state index in [1.165, 1.54) is 6.08 Å². The number of fused-ring (bicyclic) bond motifs is 1. The number of carbonyl (C=O) groups is 1. The quantitative estimate of drug-likeness (QED) is 0.408. The van der Waals surface area contributed by atoms with Gasteiger partial charge in [-0.25, -0.2) is 4.98 Å². The number of nitrogens with one attached hydrogen (secondary N) is 2. The van der Waals surface area contributed by atoms with E-state index < -0.39 is 0 Å². The van der Waals surface area contributed by atoms with Crippen LogP contribution in [-0.2, 0) is 18.4 Å². The van der Waals surface area contributed by atoms with Crippen molar-refractivity contribution in [2.45, 2.75) is 6.54 Å². The Bertz CT molecular complexity index is 1230. The van der Waals surface area contributed by atoms with Gasteiger partial charge in [0.1, 0.15) is 0 Å². The molecule has 0 aliphatic heterocycles. The van der Waals surface area contributed by atoms with Crippen LogP contribution in [0.25, 0.3) is 17.1 Å². The minimum Gasteiger partial charge on any atom is -0.352 e. The lowest BCUT2D eigenvalue weighted by Gasteiger charge is -2.08. The molecule has 6 heteroatoms. The van der Waals surface area contributed by atoms with Crippen molar-refractivity contribution < 1.29 is 4.79 Å². The van der Waals surface area contributed by atoms with E-state index in [2.05, 4.69) is 15.6 Å². The summed E-state index contributed by atoms with van der Waals surface area (Å²) in [5.41, 5.74) is 4.60. The first-order valence-corrected chi connectivity index (χ1v) is 9.96. The fourth-order valence-corrected chi connectivity index (χ4v) is 3.40. The Morgan fingerprint density at radius 3 is 2.70 bits per heavy atom. The molecule has 0 radical (unpaired) electrons. The van der Waals surface area contributed by atoms with Crippen LogP contribution in [0.1, 0.15) is 11.1 Å². The largest absolute Gasteiger partial charge is 0.352 e. The van der Waals surface area contributed by atoms with Crippen molar-refractivity contribution in [2.24, 2.45) is 7.05 Å². The van der Waals surface area contributed by atoms with E-state index in [4.69, 9.17) is 11.6 Å². The number of rotatable bonds is 6. The number of halogens is 1. The first-order chi connectivity index (χ1) is 14.6. The van der Waals surface area contributed by atoms with E-state index in [0.717, 1.165) is 33.8 Å². The van der Waals surface area contributed by atoms with Crippen molar-refractivity contribution in [1.29, 1.82) is 0 Å². The Morgan fingerprint density at radius 1 is 1.07 bits per heavy atom.